The molecule has 110 valence electrons. The van der Waals surface area contributed by atoms with E-state index in [4.69, 9.17) is 4.42 Å². The highest BCUT2D eigenvalue weighted by atomic mass is 19.1. The minimum Gasteiger partial charge on any atom is -0.451 e. The summed E-state index contributed by atoms with van der Waals surface area (Å²) in [5.74, 6) is 0.120. The zero-order chi connectivity index (χ0) is 14.8. The van der Waals surface area contributed by atoms with Gasteiger partial charge in [0.1, 0.15) is 11.6 Å². The van der Waals surface area contributed by atoms with Crippen LogP contribution in [0.3, 0.4) is 0 Å². The first-order valence-electron chi connectivity index (χ1n) is 7.03. The number of rotatable bonds is 2. The Kier molecular flexibility index (Phi) is 3.75. The third-order valence-electron chi connectivity index (χ3n) is 3.72. The van der Waals surface area contributed by atoms with E-state index in [1.807, 2.05) is 6.92 Å². The molecule has 1 N–H and O–H groups in total. The quantitative estimate of drug-likeness (QED) is 0.923. The molecular formula is C16H17FN2O2. The van der Waals surface area contributed by atoms with Gasteiger partial charge in [0.05, 0.1) is 5.56 Å². The largest absolute Gasteiger partial charge is 0.451 e. The second-order valence-corrected chi connectivity index (χ2v) is 5.20. The molecule has 5 heteroatoms. The SMILES string of the molecule is CC1CNCCN1C(=O)c1ccc(-c2ccccc2F)o1. The normalized spacial score (nSPS) is 18.8. The Hall–Kier alpha value is -2.14. The van der Waals surface area contributed by atoms with Crippen molar-refractivity contribution >= 4 is 5.91 Å². The van der Waals surface area contributed by atoms with Gasteiger partial charge in [0.2, 0.25) is 0 Å². The highest BCUT2D eigenvalue weighted by Crippen LogP contribution is 2.25. The van der Waals surface area contributed by atoms with Crippen LogP contribution in [0.25, 0.3) is 11.3 Å². The van der Waals surface area contributed by atoms with Gasteiger partial charge in [-0.1, -0.05) is 12.1 Å². The van der Waals surface area contributed by atoms with Gasteiger partial charge in [-0.3, -0.25) is 4.79 Å². The van der Waals surface area contributed by atoms with Crippen molar-refractivity contribution in [2.45, 2.75) is 13.0 Å². The van der Waals surface area contributed by atoms with E-state index >= 15 is 0 Å². The molecule has 2 heterocycles. The molecule has 1 aliphatic heterocycles. The third kappa shape index (κ3) is 2.69. The van der Waals surface area contributed by atoms with Crippen molar-refractivity contribution in [2.24, 2.45) is 0 Å². The molecule has 4 nitrogen and oxygen atoms in total. The number of benzene rings is 1. The van der Waals surface area contributed by atoms with Crippen molar-refractivity contribution in [3.63, 3.8) is 0 Å². The molecule has 1 fully saturated rings. The van der Waals surface area contributed by atoms with Crippen molar-refractivity contribution in [3.8, 4) is 11.3 Å². The Morgan fingerprint density at radius 2 is 2.14 bits per heavy atom. The number of hydrogen-bond acceptors (Lipinski definition) is 3. The molecule has 1 aromatic carbocycles. The molecule has 0 radical (unpaired) electrons. The van der Waals surface area contributed by atoms with E-state index in [2.05, 4.69) is 5.32 Å². The summed E-state index contributed by atoms with van der Waals surface area (Å²) >= 11 is 0. The fourth-order valence-electron chi connectivity index (χ4n) is 2.54. The van der Waals surface area contributed by atoms with Crippen LogP contribution in [0.15, 0.2) is 40.8 Å². The minimum absolute atomic E-state index is 0.119. The van der Waals surface area contributed by atoms with Gasteiger partial charge in [-0.15, -0.1) is 0 Å². The molecule has 0 bridgehead atoms. The molecule has 0 aliphatic carbocycles. The summed E-state index contributed by atoms with van der Waals surface area (Å²) in [5.41, 5.74) is 0.366. The van der Waals surface area contributed by atoms with E-state index in [1.54, 1.807) is 35.2 Å². The first-order valence-corrected chi connectivity index (χ1v) is 7.03. The average Bonchev–Trinajstić information content (AvgIpc) is 2.97. The van der Waals surface area contributed by atoms with E-state index < -0.39 is 0 Å². The van der Waals surface area contributed by atoms with Crippen molar-refractivity contribution < 1.29 is 13.6 Å². The van der Waals surface area contributed by atoms with Gasteiger partial charge in [-0.25, -0.2) is 4.39 Å². The summed E-state index contributed by atoms with van der Waals surface area (Å²) < 4.78 is 19.3. The van der Waals surface area contributed by atoms with Crippen LogP contribution in [0.1, 0.15) is 17.5 Å². The summed E-state index contributed by atoms with van der Waals surface area (Å²) in [6, 6.07) is 9.73. The van der Waals surface area contributed by atoms with Gasteiger partial charge in [-0.05, 0) is 31.2 Å². The first kappa shape index (κ1) is 13.8. The maximum Gasteiger partial charge on any atom is 0.289 e. The van der Waals surface area contributed by atoms with Crippen LogP contribution in [0, 0.1) is 5.82 Å². The minimum atomic E-state index is -0.360. The maximum atomic E-state index is 13.7. The standard InChI is InChI=1S/C16H17FN2O2/c1-11-10-18-8-9-19(11)16(20)15-7-6-14(21-15)12-4-2-3-5-13(12)17/h2-7,11,18H,8-10H2,1H3. The fraction of sp³-hybridized carbons (Fsp3) is 0.312. The van der Waals surface area contributed by atoms with Gasteiger partial charge in [-0.2, -0.15) is 0 Å². The number of furan rings is 1. The van der Waals surface area contributed by atoms with Crippen LogP contribution in [0.2, 0.25) is 0 Å². The smallest absolute Gasteiger partial charge is 0.289 e. The molecule has 1 aromatic heterocycles. The van der Waals surface area contributed by atoms with Gasteiger partial charge in [0.15, 0.2) is 5.76 Å². The lowest BCUT2D eigenvalue weighted by Crippen LogP contribution is -2.52. The average molecular weight is 288 g/mol. The van der Waals surface area contributed by atoms with Crippen LogP contribution in [-0.4, -0.2) is 36.5 Å². The number of halogens is 1. The molecule has 1 atom stereocenters. The molecule has 1 aliphatic rings. The van der Waals surface area contributed by atoms with Crippen LogP contribution in [-0.2, 0) is 0 Å². The Balaban J connectivity index is 1.85. The van der Waals surface area contributed by atoms with Crippen molar-refractivity contribution in [3.05, 3.63) is 48.0 Å². The highest BCUT2D eigenvalue weighted by molar-refractivity contribution is 5.92. The fourth-order valence-corrected chi connectivity index (χ4v) is 2.54. The van der Waals surface area contributed by atoms with Crippen LogP contribution in [0.4, 0.5) is 4.39 Å². The Morgan fingerprint density at radius 1 is 1.33 bits per heavy atom. The monoisotopic (exact) mass is 288 g/mol. The molecular weight excluding hydrogens is 271 g/mol. The number of carbonyl (C=O) groups excluding carboxylic acids is 1. The molecule has 1 amide bonds. The predicted octanol–water partition coefficient (Wildman–Crippen LogP) is 2.52. The van der Waals surface area contributed by atoms with Gasteiger partial charge in [0.25, 0.3) is 5.91 Å². The van der Waals surface area contributed by atoms with Gasteiger partial charge < -0.3 is 14.6 Å². The number of nitrogens with zero attached hydrogens (tertiary/aromatic N) is 1. The molecule has 1 unspecified atom stereocenters. The summed E-state index contributed by atoms with van der Waals surface area (Å²) in [6.07, 6.45) is 0. The van der Waals surface area contributed by atoms with Crippen molar-refractivity contribution in [1.29, 1.82) is 0 Å². The number of piperazine rings is 1. The van der Waals surface area contributed by atoms with Crippen molar-refractivity contribution in [1.82, 2.24) is 10.2 Å². The second-order valence-electron chi connectivity index (χ2n) is 5.20. The molecule has 3 rings (SSSR count). The second kappa shape index (κ2) is 5.69. The van der Waals surface area contributed by atoms with Crippen molar-refractivity contribution in [2.75, 3.05) is 19.6 Å². The topological polar surface area (TPSA) is 45.5 Å². The lowest BCUT2D eigenvalue weighted by atomic mass is 10.1. The first-order chi connectivity index (χ1) is 10.2. The van der Waals surface area contributed by atoms with E-state index in [9.17, 15) is 9.18 Å². The summed E-state index contributed by atoms with van der Waals surface area (Å²) in [5, 5.41) is 3.24. The summed E-state index contributed by atoms with van der Waals surface area (Å²) in [4.78, 5) is 14.2. The molecule has 21 heavy (non-hydrogen) atoms. The number of carbonyl (C=O) groups is 1. The van der Waals surface area contributed by atoms with E-state index in [1.165, 1.54) is 6.07 Å². The summed E-state index contributed by atoms with van der Waals surface area (Å²) in [6.45, 7) is 4.18. The number of hydrogen-bond donors (Lipinski definition) is 1. The molecule has 2 aromatic rings. The zero-order valence-electron chi connectivity index (χ0n) is 11.8. The van der Waals surface area contributed by atoms with Crippen LogP contribution >= 0.6 is 0 Å². The van der Waals surface area contributed by atoms with E-state index in [0.29, 0.717) is 17.9 Å². The lowest BCUT2D eigenvalue weighted by molar-refractivity contribution is 0.0624. The van der Waals surface area contributed by atoms with Gasteiger partial charge >= 0.3 is 0 Å². The molecule has 1 saturated heterocycles. The molecule has 0 saturated carbocycles. The Bertz CT molecular complexity index is 653. The Morgan fingerprint density at radius 3 is 2.90 bits per heavy atom. The third-order valence-corrected chi connectivity index (χ3v) is 3.72. The van der Waals surface area contributed by atoms with E-state index in [0.717, 1.165) is 13.1 Å². The van der Waals surface area contributed by atoms with Crippen LogP contribution < -0.4 is 5.32 Å². The predicted molar refractivity (Wildman–Crippen MR) is 77.5 cm³/mol. The molecule has 0 spiro atoms. The lowest BCUT2D eigenvalue weighted by Gasteiger charge is -2.33. The highest BCUT2D eigenvalue weighted by Gasteiger charge is 2.26. The maximum absolute atomic E-state index is 13.7. The van der Waals surface area contributed by atoms with E-state index in [-0.39, 0.29) is 23.5 Å². The van der Waals surface area contributed by atoms with Gasteiger partial charge in [0, 0.05) is 25.7 Å². The number of amides is 1. The summed E-state index contributed by atoms with van der Waals surface area (Å²) in [7, 11) is 0. The number of nitrogens with one attached hydrogen (secondary N) is 1. The Labute approximate surface area is 122 Å². The zero-order valence-corrected chi connectivity index (χ0v) is 11.8. The van der Waals surface area contributed by atoms with Crippen LogP contribution in [0.5, 0.6) is 0 Å².